The first kappa shape index (κ1) is 16.8. The molecule has 1 aromatic carbocycles. The molecule has 5 nitrogen and oxygen atoms in total. The Kier molecular flexibility index (Phi) is 6.21. The molecule has 2 atom stereocenters. The van der Waals surface area contributed by atoms with Gasteiger partial charge in [-0.15, -0.1) is 0 Å². The average molecular weight is 308 g/mol. The van der Waals surface area contributed by atoms with E-state index in [0.717, 1.165) is 5.56 Å². The van der Waals surface area contributed by atoms with Crippen LogP contribution in [-0.4, -0.2) is 43.9 Å². The van der Waals surface area contributed by atoms with E-state index in [1.54, 1.807) is 14.2 Å². The maximum Gasteiger partial charge on any atom is 0.160 e. The summed E-state index contributed by atoms with van der Waals surface area (Å²) in [7, 11) is 3.19. The Labute approximate surface area is 131 Å². The van der Waals surface area contributed by atoms with Crippen molar-refractivity contribution in [1.82, 2.24) is 0 Å². The summed E-state index contributed by atoms with van der Waals surface area (Å²) >= 11 is 0. The minimum atomic E-state index is -0.336. The molecule has 0 radical (unpaired) electrons. The second-order valence-electron chi connectivity index (χ2n) is 5.60. The van der Waals surface area contributed by atoms with Gasteiger partial charge in [-0.25, -0.2) is 0 Å². The Morgan fingerprint density at radius 3 is 2.77 bits per heavy atom. The van der Waals surface area contributed by atoms with Crippen LogP contribution in [-0.2, 0) is 16.0 Å². The van der Waals surface area contributed by atoms with Crippen molar-refractivity contribution in [1.29, 1.82) is 0 Å². The molecule has 0 aromatic heterocycles. The number of ether oxygens (including phenoxy) is 3. The molecule has 1 aliphatic heterocycles. The summed E-state index contributed by atoms with van der Waals surface area (Å²) in [6.45, 7) is 0.537. The van der Waals surface area contributed by atoms with Gasteiger partial charge in [-0.05, 0) is 30.5 Å². The molecule has 0 amide bonds. The van der Waals surface area contributed by atoms with Crippen LogP contribution in [0.1, 0.15) is 31.2 Å². The molecule has 1 fully saturated rings. The second kappa shape index (κ2) is 8.15. The molecular formula is C17H24O5. The SMILES string of the molecule is COc1ccc(CCC(=O)CC2C[C@@H](O)CCO2)cc1OC. The van der Waals surface area contributed by atoms with Crippen LogP contribution >= 0.6 is 0 Å². The van der Waals surface area contributed by atoms with Gasteiger partial charge in [-0.1, -0.05) is 6.07 Å². The fourth-order valence-electron chi connectivity index (χ4n) is 2.68. The third kappa shape index (κ3) is 4.71. The molecule has 122 valence electrons. The number of Topliss-reactive ketones (excluding diaryl/α,β-unsaturated/α-hetero) is 1. The van der Waals surface area contributed by atoms with Crippen LogP contribution in [0.2, 0.25) is 0 Å². The van der Waals surface area contributed by atoms with Crippen molar-refractivity contribution in [3.63, 3.8) is 0 Å². The predicted molar refractivity (Wildman–Crippen MR) is 82.5 cm³/mol. The number of carbonyl (C=O) groups excluding carboxylic acids is 1. The van der Waals surface area contributed by atoms with Gasteiger partial charge in [0.25, 0.3) is 0 Å². The van der Waals surface area contributed by atoms with Crippen molar-refractivity contribution in [2.75, 3.05) is 20.8 Å². The molecule has 1 heterocycles. The van der Waals surface area contributed by atoms with Gasteiger partial charge in [0.2, 0.25) is 0 Å². The molecule has 0 aliphatic carbocycles. The number of aliphatic hydroxyl groups is 1. The molecule has 1 aromatic rings. The number of methoxy groups -OCH3 is 2. The second-order valence-corrected chi connectivity index (χ2v) is 5.60. The first-order chi connectivity index (χ1) is 10.6. The molecule has 1 N–H and O–H groups in total. The molecule has 1 saturated heterocycles. The third-order valence-corrected chi connectivity index (χ3v) is 3.94. The van der Waals surface area contributed by atoms with Crippen LogP contribution in [0, 0.1) is 0 Å². The smallest absolute Gasteiger partial charge is 0.160 e. The van der Waals surface area contributed by atoms with E-state index in [4.69, 9.17) is 14.2 Å². The minimum Gasteiger partial charge on any atom is -0.493 e. The van der Waals surface area contributed by atoms with Crippen LogP contribution in [0.3, 0.4) is 0 Å². The number of aliphatic hydroxyl groups excluding tert-OH is 1. The number of rotatable bonds is 7. The lowest BCUT2D eigenvalue weighted by molar-refractivity contribution is -0.124. The zero-order valence-corrected chi connectivity index (χ0v) is 13.2. The van der Waals surface area contributed by atoms with Gasteiger partial charge < -0.3 is 19.3 Å². The highest BCUT2D eigenvalue weighted by Crippen LogP contribution is 2.28. The maximum atomic E-state index is 12.1. The number of hydrogen-bond donors (Lipinski definition) is 1. The number of aryl methyl sites for hydroxylation is 1. The Balaban J connectivity index is 1.83. The molecule has 1 unspecified atom stereocenters. The van der Waals surface area contributed by atoms with E-state index in [9.17, 15) is 9.90 Å². The highest BCUT2D eigenvalue weighted by molar-refractivity contribution is 5.79. The van der Waals surface area contributed by atoms with E-state index < -0.39 is 0 Å². The van der Waals surface area contributed by atoms with Crippen LogP contribution in [0.25, 0.3) is 0 Å². The lowest BCUT2D eigenvalue weighted by atomic mass is 9.98. The lowest BCUT2D eigenvalue weighted by Gasteiger charge is -2.25. The summed E-state index contributed by atoms with van der Waals surface area (Å²) in [5, 5.41) is 9.59. The van der Waals surface area contributed by atoms with E-state index in [0.29, 0.717) is 50.2 Å². The zero-order chi connectivity index (χ0) is 15.9. The molecular weight excluding hydrogens is 284 g/mol. The topological polar surface area (TPSA) is 65.0 Å². The van der Waals surface area contributed by atoms with Gasteiger partial charge in [0, 0.05) is 25.9 Å². The normalized spacial score (nSPS) is 21.4. The summed E-state index contributed by atoms with van der Waals surface area (Å²) in [5.41, 5.74) is 1.04. The quantitative estimate of drug-likeness (QED) is 0.836. The Morgan fingerprint density at radius 2 is 2.09 bits per heavy atom. The highest BCUT2D eigenvalue weighted by atomic mass is 16.5. The molecule has 0 saturated carbocycles. The minimum absolute atomic E-state index is 0.137. The van der Waals surface area contributed by atoms with E-state index >= 15 is 0 Å². The van der Waals surface area contributed by atoms with E-state index in [-0.39, 0.29) is 18.0 Å². The summed E-state index contributed by atoms with van der Waals surface area (Å²) < 4.78 is 16.0. The molecule has 1 aliphatic rings. The van der Waals surface area contributed by atoms with Gasteiger partial charge in [-0.2, -0.15) is 0 Å². The van der Waals surface area contributed by atoms with E-state index in [1.807, 2.05) is 18.2 Å². The number of carbonyl (C=O) groups is 1. The molecule has 0 bridgehead atoms. The van der Waals surface area contributed by atoms with Crippen molar-refractivity contribution in [3.8, 4) is 11.5 Å². The summed E-state index contributed by atoms with van der Waals surface area (Å²) in [5.74, 6) is 1.52. The fourth-order valence-corrected chi connectivity index (χ4v) is 2.68. The number of ketones is 1. The van der Waals surface area contributed by atoms with E-state index in [1.165, 1.54) is 0 Å². The van der Waals surface area contributed by atoms with Gasteiger partial charge in [-0.3, -0.25) is 4.79 Å². The van der Waals surface area contributed by atoms with Crippen LogP contribution in [0.5, 0.6) is 11.5 Å². The number of benzene rings is 1. The van der Waals surface area contributed by atoms with E-state index in [2.05, 4.69) is 0 Å². The largest absolute Gasteiger partial charge is 0.493 e. The van der Waals surface area contributed by atoms with Crippen molar-refractivity contribution >= 4 is 5.78 Å². The molecule has 0 spiro atoms. The first-order valence-electron chi connectivity index (χ1n) is 7.64. The van der Waals surface area contributed by atoms with Gasteiger partial charge >= 0.3 is 0 Å². The zero-order valence-electron chi connectivity index (χ0n) is 13.2. The standard InChI is InChI=1S/C17H24O5/c1-20-16-6-4-12(9-17(16)21-2)3-5-13(18)10-15-11-14(19)7-8-22-15/h4,6,9,14-15,19H,3,5,7-8,10-11H2,1-2H3/t14-,15?/m0/s1. The monoisotopic (exact) mass is 308 g/mol. The maximum absolute atomic E-state index is 12.1. The Hall–Kier alpha value is -1.59. The lowest BCUT2D eigenvalue weighted by Crippen LogP contribution is -2.30. The van der Waals surface area contributed by atoms with Crippen molar-refractivity contribution in [2.24, 2.45) is 0 Å². The summed E-state index contributed by atoms with van der Waals surface area (Å²) in [6.07, 6.45) is 2.25. The van der Waals surface area contributed by atoms with Gasteiger partial charge in [0.05, 0.1) is 26.4 Å². The van der Waals surface area contributed by atoms with Crippen LogP contribution in [0.15, 0.2) is 18.2 Å². The summed E-state index contributed by atoms with van der Waals surface area (Å²) in [6, 6.07) is 5.68. The van der Waals surface area contributed by atoms with Gasteiger partial charge in [0.1, 0.15) is 5.78 Å². The molecule has 5 heteroatoms. The Morgan fingerprint density at radius 1 is 1.32 bits per heavy atom. The van der Waals surface area contributed by atoms with Crippen molar-refractivity contribution < 1.29 is 24.1 Å². The van der Waals surface area contributed by atoms with Crippen molar-refractivity contribution in [2.45, 2.75) is 44.3 Å². The van der Waals surface area contributed by atoms with Crippen molar-refractivity contribution in [3.05, 3.63) is 23.8 Å². The summed E-state index contributed by atoms with van der Waals surface area (Å²) in [4.78, 5) is 12.1. The fraction of sp³-hybridized carbons (Fsp3) is 0.588. The Bertz CT molecular complexity index is 500. The third-order valence-electron chi connectivity index (χ3n) is 3.94. The number of hydrogen-bond acceptors (Lipinski definition) is 5. The molecule has 2 rings (SSSR count). The predicted octanol–water partition coefficient (Wildman–Crippen LogP) is 2.14. The molecule has 22 heavy (non-hydrogen) atoms. The highest BCUT2D eigenvalue weighted by Gasteiger charge is 2.22. The van der Waals surface area contributed by atoms with Crippen LogP contribution in [0.4, 0.5) is 0 Å². The van der Waals surface area contributed by atoms with Crippen LogP contribution < -0.4 is 9.47 Å². The first-order valence-corrected chi connectivity index (χ1v) is 7.64. The average Bonchev–Trinajstić information content (AvgIpc) is 2.52. The van der Waals surface area contributed by atoms with Gasteiger partial charge in [0.15, 0.2) is 11.5 Å².